The van der Waals surface area contributed by atoms with Crippen molar-refractivity contribution in [3.05, 3.63) is 28.2 Å². The van der Waals surface area contributed by atoms with Crippen molar-refractivity contribution in [1.82, 2.24) is 0 Å². The molecule has 1 aromatic rings. The van der Waals surface area contributed by atoms with Gasteiger partial charge in [0, 0.05) is 11.0 Å². The lowest BCUT2D eigenvalue weighted by atomic mass is 10.2. The van der Waals surface area contributed by atoms with E-state index in [-0.39, 0.29) is 0 Å². The molecule has 2 N–H and O–H groups in total. The van der Waals surface area contributed by atoms with Gasteiger partial charge in [-0.3, -0.25) is 0 Å². The van der Waals surface area contributed by atoms with Gasteiger partial charge in [-0.15, -0.1) is 0 Å². The summed E-state index contributed by atoms with van der Waals surface area (Å²) in [7, 11) is 0. The Kier molecular flexibility index (Phi) is 3.93. The summed E-state index contributed by atoms with van der Waals surface area (Å²) in [5, 5.41) is 20.9. The lowest BCUT2D eigenvalue weighted by Gasteiger charge is -2.09. The molecule has 3 nitrogen and oxygen atoms in total. The van der Waals surface area contributed by atoms with Gasteiger partial charge < -0.3 is 10.4 Å². The highest BCUT2D eigenvalue weighted by Crippen LogP contribution is 2.19. The molecule has 1 aromatic carbocycles. The van der Waals surface area contributed by atoms with E-state index in [1.54, 1.807) is 13.0 Å². The molecule has 1 atom stereocenters. The Hall–Kier alpha value is -1.05. The number of anilines is 1. The van der Waals surface area contributed by atoms with Crippen molar-refractivity contribution >= 4 is 21.6 Å². The average molecular weight is 255 g/mol. The fraction of sp³-hybridized carbons (Fsp3) is 0.300. The Bertz CT molecular complexity index is 358. The Morgan fingerprint density at radius 1 is 1.64 bits per heavy atom. The SMILES string of the molecule is C[C@H](O)CNc1ccc(Br)cc1C#N. The Morgan fingerprint density at radius 3 is 2.93 bits per heavy atom. The Morgan fingerprint density at radius 2 is 2.36 bits per heavy atom. The molecular weight excluding hydrogens is 244 g/mol. The van der Waals surface area contributed by atoms with Gasteiger partial charge in [0.1, 0.15) is 6.07 Å². The average Bonchev–Trinajstić information content (AvgIpc) is 2.15. The minimum atomic E-state index is -0.426. The highest BCUT2D eigenvalue weighted by molar-refractivity contribution is 9.10. The molecule has 0 saturated heterocycles. The van der Waals surface area contributed by atoms with Gasteiger partial charge >= 0.3 is 0 Å². The fourth-order valence-electron chi connectivity index (χ4n) is 1.02. The molecule has 0 aliphatic carbocycles. The number of nitrogens with zero attached hydrogens (tertiary/aromatic N) is 1. The number of aliphatic hydroxyl groups excluding tert-OH is 1. The zero-order chi connectivity index (χ0) is 10.6. The summed E-state index contributed by atoms with van der Waals surface area (Å²) in [6.07, 6.45) is -0.426. The summed E-state index contributed by atoms with van der Waals surface area (Å²) in [6.45, 7) is 2.13. The summed E-state index contributed by atoms with van der Waals surface area (Å²) in [6, 6.07) is 7.49. The molecule has 0 bridgehead atoms. The molecule has 0 unspecified atom stereocenters. The molecule has 0 amide bonds. The maximum Gasteiger partial charge on any atom is 0.101 e. The number of nitriles is 1. The van der Waals surface area contributed by atoms with E-state index < -0.39 is 6.10 Å². The van der Waals surface area contributed by atoms with Gasteiger partial charge in [0.05, 0.1) is 17.4 Å². The molecule has 4 heteroatoms. The molecule has 0 saturated carbocycles. The second kappa shape index (κ2) is 4.99. The van der Waals surface area contributed by atoms with E-state index in [4.69, 9.17) is 10.4 Å². The lowest BCUT2D eigenvalue weighted by molar-refractivity contribution is 0.208. The smallest absolute Gasteiger partial charge is 0.101 e. The highest BCUT2D eigenvalue weighted by Gasteiger charge is 2.02. The van der Waals surface area contributed by atoms with Crippen LogP contribution < -0.4 is 5.32 Å². The van der Waals surface area contributed by atoms with Crippen LogP contribution in [0.5, 0.6) is 0 Å². The van der Waals surface area contributed by atoms with Crippen LogP contribution >= 0.6 is 15.9 Å². The maximum atomic E-state index is 9.08. The van der Waals surface area contributed by atoms with E-state index in [9.17, 15) is 0 Å². The summed E-state index contributed by atoms with van der Waals surface area (Å²) in [4.78, 5) is 0. The number of hydrogen-bond acceptors (Lipinski definition) is 3. The van der Waals surface area contributed by atoms with Crippen LogP contribution in [0.3, 0.4) is 0 Å². The van der Waals surface area contributed by atoms with Crippen LogP contribution in [0.4, 0.5) is 5.69 Å². The monoisotopic (exact) mass is 254 g/mol. The topological polar surface area (TPSA) is 56.0 Å². The van der Waals surface area contributed by atoms with Gasteiger partial charge in [0.25, 0.3) is 0 Å². The molecule has 0 fully saturated rings. The zero-order valence-corrected chi connectivity index (χ0v) is 9.37. The first-order valence-electron chi connectivity index (χ1n) is 4.25. The van der Waals surface area contributed by atoms with E-state index in [1.165, 1.54) is 0 Å². The number of aliphatic hydroxyl groups is 1. The second-order valence-electron chi connectivity index (χ2n) is 3.03. The normalized spacial score (nSPS) is 11.9. The molecular formula is C10H11BrN2O. The molecule has 0 spiro atoms. The number of rotatable bonds is 3. The Balaban J connectivity index is 2.82. The molecule has 0 aromatic heterocycles. The third-order valence-electron chi connectivity index (χ3n) is 1.69. The minimum Gasteiger partial charge on any atom is -0.392 e. The summed E-state index contributed by atoms with van der Waals surface area (Å²) in [5.41, 5.74) is 1.32. The van der Waals surface area contributed by atoms with Gasteiger partial charge in [-0.1, -0.05) is 15.9 Å². The first-order chi connectivity index (χ1) is 6.63. The molecule has 14 heavy (non-hydrogen) atoms. The van der Waals surface area contributed by atoms with Gasteiger partial charge in [0.2, 0.25) is 0 Å². The van der Waals surface area contributed by atoms with Crippen LogP contribution in [-0.2, 0) is 0 Å². The van der Waals surface area contributed by atoms with Crippen LogP contribution in [0, 0.1) is 11.3 Å². The number of nitrogens with one attached hydrogen (secondary N) is 1. The van der Waals surface area contributed by atoms with Crippen molar-refractivity contribution in [2.75, 3.05) is 11.9 Å². The minimum absolute atomic E-state index is 0.426. The number of halogens is 1. The van der Waals surface area contributed by atoms with E-state index in [2.05, 4.69) is 27.3 Å². The van der Waals surface area contributed by atoms with E-state index in [0.29, 0.717) is 12.1 Å². The van der Waals surface area contributed by atoms with Gasteiger partial charge in [0.15, 0.2) is 0 Å². The van der Waals surface area contributed by atoms with Crippen LogP contribution in [0.2, 0.25) is 0 Å². The largest absolute Gasteiger partial charge is 0.392 e. The number of hydrogen-bond donors (Lipinski definition) is 2. The lowest BCUT2D eigenvalue weighted by Crippen LogP contribution is -2.15. The highest BCUT2D eigenvalue weighted by atomic mass is 79.9. The standard InChI is InChI=1S/C10H11BrN2O/c1-7(14)6-13-10-3-2-9(11)4-8(10)5-12/h2-4,7,13-14H,6H2,1H3/t7-/m0/s1. The van der Waals surface area contributed by atoms with Crippen LogP contribution in [-0.4, -0.2) is 17.8 Å². The van der Waals surface area contributed by atoms with Crippen molar-refractivity contribution < 1.29 is 5.11 Å². The van der Waals surface area contributed by atoms with Gasteiger partial charge in [-0.25, -0.2) is 0 Å². The molecule has 0 aliphatic heterocycles. The third kappa shape index (κ3) is 3.02. The Labute approximate surface area is 91.5 Å². The van der Waals surface area contributed by atoms with Crippen molar-refractivity contribution in [2.45, 2.75) is 13.0 Å². The van der Waals surface area contributed by atoms with Crippen molar-refractivity contribution in [3.8, 4) is 6.07 Å². The predicted molar refractivity (Wildman–Crippen MR) is 59.0 cm³/mol. The zero-order valence-electron chi connectivity index (χ0n) is 7.79. The summed E-state index contributed by atoms with van der Waals surface area (Å²) < 4.78 is 0.872. The number of benzene rings is 1. The van der Waals surface area contributed by atoms with Crippen molar-refractivity contribution in [2.24, 2.45) is 0 Å². The first kappa shape index (κ1) is 11.0. The maximum absolute atomic E-state index is 9.08. The van der Waals surface area contributed by atoms with E-state index in [0.717, 1.165) is 10.2 Å². The molecule has 0 aliphatic rings. The molecule has 1 rings (SSSR count). The molecule has 74 valence electrons. The quantitative estimate of drug-likeness (QED) is 0.869. The summed E-state index contributed by atoms with van der Waals surface area (Å²) >= 11 is 3.29. The van der Waals surface area contributed by atoms with Crippen LogP contribution in [0.1, 0.15) is 12.5 Å². The fourth-order valence-corrected chi connectivity index (χ4v) is 1.38. The van der Waals surface area contributed by atoms with Crippen LogP contribution in [0.15, 0.2) is 22.7 Å². The summed E-state index contributed by atoms with van der Waals surface area (Å²) in [5.74, 6) is 0. The van der Waals surface area contributed by atoms with Gasteiger partial charge in [-0.2, -0.15) is 5.26 Å². The van der Waals surface area contributed by atoms with E-state index >= 15 is 0 Å². The third-order valence-corrected chi connectivity index (χ3v) is 2.18. The predicted octanol–water partition coefficient (Wildman–Crippen LogP) is 2.11. The van der Waals surface area contributed by atoms with E-state index in [1.807, 2.05) is 12.1 Å². The first-order valence-corrected chi connectivity index (χ1v) is 5.04. The second-order valence-corrected chi connectivity index (χ2v) is 3.95. The molecule has 0 radical (unpaired) electrons. The van der Waals surface area contributed by atoms with Crippen molar-refractivity contribution in [1.29, 1.82) is 5.26 Å². The van der Waals surface area contributed by atoms with Crippen LogP contribution in [0.25, 0.3) is 0 Å². The molecule has 0 heterocycles. The van der Waals surface area contributed by atoms with Crippen molar-refractivity contribution in [3.63, 3.8) is 0 Å². The van der Waals surface area contributed by atoms with Gasteiger partial charge in [-0.05, 0) is 25.1 Å².